The molecule has 1 amide bonds. The second kappa shape index (κ2) is 10.7. The summed E-state index contributed by atoms with van der Waals surface area (Å²) in [6.45, 7) is 9.91. The van der Waals surface area contributed by atoms with Crippen LogP contribution in [0.2, 0.25) is 0 Å². The zero-order chi connectivity index (χ0) is 27.7. The van der Waals surface area contributed by atoms with E-state index in [2.05, 4.69) is 23.4 Å². The van der Waals surface area contributed by atoms with Crippen LogP contribution in [-0.2, 0) is 13.0 Å². The van der Waals surface area contributed by atoms with Gasteiger partial charge in [0.25, 0.3) is 11.5 Å². The van der Waals surface area contributed by atoms with E-state index in [1.54, 1.807) is 18.2 Å². The fourth-order valence-electron chi connectivity index (χ4n) is 5.03. The van der Waals surface area contributed by atoms with Crippen molar-refractivity contribution in [3.8, 4) is 11.1 Å². The fourth-order valence-corrected chi connectivity index (χ4v) is 5.03. The third kappa shape index (κ3) is 5.13. The highest BCUT2D eigenvalue weighted by molar-refractivity contribution is 6.09. The second-order valence-electron chi connectivity index (χ2n) is 10.1. The summed E-state index contributed by atoms with van der Waals surface area (Å²) in [5, 5.41) is 11.4. The maximum atomic E-state index is 13.9. The molecule has 0 saturated carbocycles. The molecule has 2 heterocycles. The van der Waals surface area contributed by atoms with Gasteiger partial charge in [0, 0.05) is 34.4 Å². The average molecular weight is 515 g/mol. The van der Waals surface area contributed by atoms with Crippen LogP contribution in [0.3, 0.4) is 0 Å². The summed E-state index contributed by atoms with van der Waals surface area (Å²) in [6, 6.07) is 12.4. The first-order valence-corrected chi connectivity index (χ1v) is 12.8. The van der Waals surface area contributed by atoms with Crippen LogP contribution in [0.5, 0.6) is 0 Å². The summed E-state index contributed by atoms with van der Waals surface area (Å²) in [5.74, 6) is 4.92. The van der Waals surface area contributed by atoms with Crippen molar-refractivity contribution in [2.45, 2.75) is 60.0 Å². The number of aromatic carboxylic acids is 1. The Morgan fingerprint density at radius 3 is 2.50 bits per heavy atom. The van der Waals surface area contributed by atoms with E-state index in [-0.39, 0.29) is 23.7 Å². The Kier molecular flexibility index (Phi) is 7.55. The van der Waals surface area contributed by atoms with Crippen LogP contribution in [0.1, 0.15) is 76.3 Å². The SMILES string of the molecule is CCCc1cc(C)[nH]c(=O)c1CN(N)C(=O)c1cc(-c2cccc(C(=O)O)c2)cc2c1c(C)cn2C(C)C. The van der Waals surface area contributed by atoms with Crippen LogP contribution in [-0.4, -0.2) is 31.5 Å². The minimum absolute atomic E-state index is 0.0338. The molecule has 8 nitrogen and oxygen atoms in total. The van der Waals surface area contributed by atoms with Crippen LogP contribution >= 0.6 is 0 Å². The highest BCUT2D eigenvalue weighted by atomic mass is 16.4. The third-order valence-electron chi connectivity index (χ3n) is 6.82. The van der Waals surface area contributed by atoms with Gasteiger partial charge in [-0.2, -0.15) is 0 Å². The normalized spacial score (nSPS) is 11.3. The Morgan fingerprint density at radius 1 is 1.11 bits per heavy atom. The molecule has 8 heteroatoms. The van der Waals surface area contributed by atoms with Crippen molar-refractivity contribution in [2.24, 2.45) is 5.84 Å². The van der Waals surface area contributed by atoms with E-state index in [0.29, 0.717) is 28.7 Å². The molecule has 0 saturated heterocycles. The number of amides is 1. The van der Waals surface area contributed by atoms with Crippen molar-refractivity contribution in [3.05, 3.63) is 92.5 Å². The lowest BCUT2D eigenvalue weighted by molar-refractivity contribution is 0.0695. The standard InChI is InChI=1S/C30H34N4O4/c1-6-8-21-11-19(5)32-28(35)25(21)16-34(31)29(36)24-13-23(20-9-7-10-22(12-20)30(37)38)14-26-27(24)18(4)15-33(26)17(2)3/h7,9-15,17H,6,8,16,31H2,1-5H3,(H,32,35)(H,37,38). The summed E-state index contributed by atoms with van der Waals surface area (Å²) >= 11 is 0. The maximum absolute atomic E-state index is 13.9. The van der Waals surface area contributed by atoms with E-state index in [1.807, 2.05) is 45.2 Å². The highest BCUT2D eigenvalue weighted by Crippen LogP contribution is 2.34. The van der Waals surface area contributed by atoms with Crippen molar-refractivity contribution < 1.29 is 14.7 Å². The molecular weight excluding hydrogens is 480 g/mol. The molecule has 0 bridgehead atoms. The van der Waals surface area contributed by atoms with Gasteiger partial charge in [0.05, 0.1) is 17.7 Å². The van der Waals surface area contributed by atoms with Crippen molar-refractivity contribution in [1.82, 2.24) is 14.6 Å². The number of carboxylic acids is 1. The summed E-state index contributed by atoms with van der Waals surface area (Å²) < 4.78 is 2.09. The first kappa shape index (κ1) is 26.9. The lowest BCUT2D eigenvalue weighted by atomic mass is 9.96. The molecule has 0 aliphatic rings. The van der Waals surface area contributed by atoms with E-state index in [1.165, 1.54) is 6.07 Å². The zero-order valence-corrected chi connectivity index (χ0v) is 22.5. The predicted octanol–water partition coefficient (Wildman–Crippen LogP) is 5.36. The third-order valence-corrected chi connectivity index (χ3v) is 6.82. The number of aromatic amines is 1. The number of H-pyrrole nitrogens is 1. The van der Waals surface area contributed by atoms with Gasteiger partial charge in [-0.15, -0.1) is 0 Å². The molecule has 0 unspecified atom stereocenters. The topological polar surface area (TPSA) is 121 Å². The Bertz CT molecular complexity index is 1600. The molecule has 0 atom stereocenters. The summed E-state index contributed by atoms with van der Waals surface area (Å²) in [6.07, 6.45) is 3.57. The van der Waals surface area contributed by atoms with Gasteiger partial charge in [-0.25, -0.2) is 10.6 Å². The molecule has 0 aliphatic carbocycles. The Hall–Kier alpha value is -4.17. The Labute approximate surface area is 221 Å². The molecule has 38 heavy (non-hydrogen) atoms. The van der Waals surface area contributed by atoms with Crippen molar-refractivity contribution in [3.63, 3.8) is 0 Å². The van der Waals surface area contributed by atoms with Crippen molar-refractivity contribution >= 4 is 22.8 Å². The van der Waals surface area contributed by atoms with Gasteiger partial charge in [-0.3, -0.25) is 14.6 Å². The van der Waals surface area contributed by atoms with Gasteiger partial charge in [0.15, 0.2) is 0 Å². The number of aryl methyl sites for hydroxylation is 3. The minimum Gasteiger partial charge on any atom is -0.478 e. The number of aromatic nitrogens is 2. The van der Waals surface area contributed by atoms with Crippen LogP contribution in [0.4, 0.5) is 0 Å². The first-order chi connectivity index (χ1) is 18.0. The molecule has 2 aromatic carbocycles. The molecule has 0 fully saturated rings. The largest absolute Gasteiger partial charge is 0.478 e. The predicted molar refractivity (Wildman–Crippen MR) is 149 cm³/mol. The number of nitrogens with two attached hydrogens (primary N) is 1. The number of rotatable bonds is 8. The summed E-state index contributed by atoms with van der Waals surface area (Å²) in [4.78, 5) is 41.1. The van der Waals surface area contributed by atoms with Gasteiger partial charge >= 0.3 is 5.97 Å². The smallest absolute Gasteiger partial charge is 0.335 e. The first-order valence-electron chi connectivity index (χ1n) is 12.8. The lowest BCUT2D eigenvalue weighted by Gasteiger charge is -2.20. The number of benzene rings is 2. The van der Waals surface area contributed by atoms with Gasteiger partial charge in [-0.05, 0) is 86.7 Å². The minimum atomic E-state index is -1.02. The van der Waals surface area contributed by atoms with Crippen LogP contribution in [0.15, 0.2) is 53.5 Å². The maximum Gasteiger partial charge on any atom is 0.335 e. The number of fused-ring (bicyclic) bond motifs is 1. The second-order valence-corrected chi connectivity index (χ2v) is 10.1. The molecule has 0 radical (unpaired) electrons. The highest BCUT2D eigenvalue weighted by Gasteiger charge is 2.23. The van der Waals surface area contributed by atoms with Crippen LogP contribution < -0.4 is 11.4 Å². The van der Waals surface area contributed by atoms with Crippen LogP contribution in [0, 0.1) is 13.8 Å². The quantitative estimate of drug-likeness (QED) is 0.166. The average Bonchev–Trinajstić information content (AvgIpc) is 3.22. The number of hydrogen-bond acceptors (Lipinski definition) is 4. The lowest BCUT2D eigenvalue weighted by Crippen LogP contribution is -2.39. The monoisotopic (exact) mass is 514 g/mol. The van der Waals surface area contributed by atoms with E-state index >= 15 is 0 Å². The molecular formula is C30H34N4O4. The number of carbonyl (C=O) groups excluding carboxylic acids is 1. The number of carboxylic acid groups (broad SMARTS) is 1. The van der Waals surface area contributed by atoms with Crippen molar-refractivity contribution in [2.75, 3.05) is 0 Å². The molecule has 0 aliphatic heterocycles. The van der Waals surface area contributed by atoms with Gasteiger partial charge in [0.2, 0.25) is 0 Å². The van der Waals surface area contributed by atoms with E-state index in [0.717, 1.165) is 39.2 Å². The molecule has 198 valence electrons. The number of nitrogens with zero attached hydrogens (tertiary/aromatic N) is 2. The molecule has 0 spiro atoms. The van der Waals surface area contributed by atoms with Gasteiger partial charge in [0.1, 0.15) is 0 Å². The number of hydrogen-bond donors (Lipinski definition) is 3. The molecule has 4 rings (SSSR count). The molecule has 2 aromatic heterocycles. The van der Waals surface area contributed by atoms with Crippen molar-refractivity contribution in [1.29, 1.82) is 0 Å². The van der Waals surface area contributed by atoms with E-state index in [9.17, 15) is 19.5 Å². The van der Waals surface area contributed by atoms with E-state index < -0.39 is 11.9 Å². The fraction of sp³-hybridized carbons (Fsp3) is 0.300. The van der Waals surface area contributed by atoms with Crippen LogP contribution in [0.25, 0.3) is 22.0 Å². The number of pyridine rings is 1. The van der Waals surface area contributed by atoms with E-state index in [4.69, 9.17) is 5.84 Å². The Morgan fingerprint density at radius 2 is 1.84 bits per heavy atom. The van der Waals surface area contributed by atoms with Gasteiger partial charge in [-0.1, -0.05) is 25.5 Å². The molecule has 4 aromatic rings. The Balaban J connectivity index is 1.86. The summed E-state index contributed by atoms with van der Waals surface area (Å²) in [5.41, 5.74) is 5.60. The zero-order valence-electron chi connectivity index (χ0n) is 22.5. The molecule has 4 N–H and O–H groups in total. The number of carbonyl (C=O) groups is 2. The number of hydrazine groups is 1. The summed E-state index contributed by atoms with van der Waals surface area (Å²) in [7, 11) is 0. The van der Waals surface area contributed by atoms with Gasteiger partial charge < -0.3 is 14.7 Å². The number of nitrogens with one attached hydrogen (secondary N) is 1.